The molecule has 1 N–H and O–H groups in total. The number of aryl methyl sites for hydroxylation is 2. The van der Waals surface area contributed by atoms with E-state index in [1.54, 1.807) is 20.8 Å². The van der Waals surface area contributed by atoms with Gasteiger partial charge in [0.2, 0.25) is 0 Å². The lowest BCUT2D eigenvalue weighted by atomic mass is 9.91. The largest absolute Gasteiger partial charge is 0.481 e. The Hall–Kier alpha value is -2.94. The van der Waals surface area contributed by atoms with Crippen molar-refractivity contribution < 1.29 is 14.3 Å². The third-order valence-electron chi connectivity index (χ3n) is 4.95. The first-order valence-corrected chi connectivity index (χ1v) is 10.2. The average molecular weight is 407 g/mol. The molecule has 3 aromatic carbocycles. The molecule has 0 bridgehead atoms. The van der Waals surface area contributed by atoms with Crippen LogP contribution in [0.15, 0.2) is 67.2 Å². The van der Waals surface area contributed by atoms with Crippen LogP contribution >= 0.6 is 0 Å². The highest BCUT2D eigenvalue weighted by molar-refractivity contribution is 5.90. The van der Waals surface area contributed by atoms with E-state index < -0.39 is 11.4 Å². The van der Waals surface area contributed by atoms with E-state index in [2.05, 4.69) is 49.9 Å². The smallest absolute Gasteiger partial charge is 0.308 e. The molecule has 0 aromatic heterocycles. The lowest BCUT2D eigenvalue weighted by Gasteiger charge is -2.13. The zero-order valence-electron chi connectivity index (χ0n) is 18.3. The van der Waals surface area contributed by atoms with E-state index >= 15 is 0 Å². The van der Waals surface area contributed by atoms with Crippen molar-refractivity contribution >= 4 is 22.3 Å². The first kappa shape index (κ1) is 23.3. The Bertz CT molecular complexity index is 1010. The summed E-state index contributed by atoms with van der Waals surface area (Å²) < 4.78 is 13.0. The predicted molar refractivity (Wildman–Crippen MR) is 124 cm³/mol. The van der Waals surface area contributed by atoms with Crippen LogP contribution in [-0.4, -0.2) is 11.1 Å². The minimum Gasteiger partial charge on any atom is -0.481 e. The molecule has 0 aliphatic heterocycles. The molecular weight excluding hydrogens is 375 g/mol. The second-order valence-electron chi connectivity index (χ2n) is 8.63. The summed E-state index contributed by atoms with van der Waals surface area (Å²) in [5.74, 6) is -0.931. The number of carboxylic acids is 1. The Labute approximate surface area is 179 Å². The maximum Gasteiger partial charge on any atom is 0.308 e. The summed E-state index contributed by atoms with van der Waals surface area (Å²) in [5, 5.41) is 10.8. The van der Waals surface area contributed by atoms with Gasteiger partial charge in [-0.25, -0.2) is 4.39 Å². The normalized spacial score (nSPS) is 11.0. The van der Waals surface area contributed by atoms with Gasteiger partial charge in [-0.3, -0.25) is 4.79 Å². The van der Waals surface area contributed by atoms with Crippen LogP contribution in [0.5, 0.6) is 0 Å². The monoisotopic (exact) mass is 406 g/mol. The van der Waals surface area contributed by atoms with E-state index in [0.717, 1.165) is 24.8 Å². The van der Waals surface area contributed by atoms with Crippen LogP contribution in [0, 0.1) is 11.2 Å². The van der Waals surface area contributed by atoms with E-state index in [0.29, 0.717) is 0 Å². The molecule has 2 nitrogen and oxygen atoms in total. The highest BCUT2D eigenvalue weighted by Crippen LogP contribution is 2.28. The van der Waals surface area contributed by atoms with Gasteiger partial charge >= 0.3 is 5.97 Å². The first-order chi connectivity index (χ1) is 14.1. The van der Waals surface area contributed by atoms with Crippen LogP contribution in [-0.2, 0) is 17.6 Å². The summed E-state index contributed by atoms with van der Waals surface area (Å²) in [6.45, 7) is 11.2. The Morgan fingerprint density at radius 1 is 0.967 bits per heavy atom. The molecule has 0 aliphatic carbocycles. The second kappa shape index (κ2) is 10.2. The molecular formula is C27H31FO2. The number of halogens is 1. The van der Waals surface area contributed by atoms with Gasteiger partial charge in [-0.15, -0.1) is 0 Å². The summed E-state index contributed by atoms with van der Waals surface area (Å²) in [6, 6.07) is 19.7. The Morgan fingerprint density at radius 3 is 2.13 bits per heavy atom. The molecule has 0 spiro atoms. The van der Waals surface area contributed by atoms with Gasteiger partial charge in [0.1, 0.15) is 5.82 Å². The summed E-state index contributed by atoms with van der Waals surface area (Å²) in [5.41, 5.74) is 4.33. The molecule has 0 aliphatic rings. The van der Waals surface area contributed by atoms with Gasteiger partial charge in [0.25, 0.3) is 0 Å². The van der Waals surface area contributed by atoms with Gasteiger partial charge in [-0.2, -0.15) is 0 Å². The third-order valence-corrected chi connectivity index (χ3v) is 4.95. The second-order valence-corrected chi connectivity index (χ2v) is 8.63. The zero-order chi connectivity index (χ0) is 22.3. The minimum absolute atomic E-state index is 0.174. The van der Waals surface area contributed by atoms with Crippen LogP contribution in [0.1, 0.15) is 50.8 Å². The van der Waals surface area contributed by atoms with Crippen molar-refractivity contribution in [3.8, 4) is 0 Å². The number of rotatable bonds is 5. The fraction of sp³-hybridized carbons (Fsp3) is 0.296. The van der Waals surface area contributed by atoms with Crippen LogP contribution in [0.25, 0.3) is 16.3 Å². The summed E-state index contributed by atoms with van der Waals surface area (Å²) in [7, 11) is 0. The number of carboxylic acid groups (broad SMARTS) is 1. The molecule has 0 radical (unpaired) electrons. The topological polar surface area (TPSA) is 37.3 Å². The fourth-order valence-corrected chi connectivity index (χ4v) is 3.13. The van der Waals surface area contributed by atoms with Crippen molar-refractivity contribution in [1.82, 2.24) is 0 Å². The standard InChI is InChI=1S/C22H21F.C5H10O2/c1-16(2)20-15-12-18-7-3-4-8-21(18)22(20)9-5-6-17-10-13-19(23)14-11-17;1-5(2,3)4(6)7/h3-4,7-8,10-15H,1,5-6,9H2,2H3;1-3H3,(H,6,7). The number of allylic oxidation sites excluding steroid dienone is 1. The van der Waals surface area contributed by atoms with Crippen molar-refractivity contribution in [2.45, 2.75) is 47.0 Å². The van der Waals surface area contributed by atoms with E-state index in [9.17, 15) is 9.18 Å². The number of benzene rings is 3. The van der Waals surface area contributed by atoms with Crippen LogP contribution in [0.4, 0.5) is 4.39 Å². The lowest BCUT2D eigenvalue weighted by Crippen LogP contribution is -2.18. The van der Waals surface area contributed by atoms with Gasteiger partial charge < -0.3 is 5.11 Å². The zero-order valence-corrected chi connectivity index (χ0v) is 18.3. The molecule has 0 atom stereocenters. The maximum atomic E-state index is 13.0. The molecule has 0 saturated heterocycles. The Morgan fingerprint density at radius 2 is 1.57 bits per heavy atom. The molecule has 3 heteroatoms. The number of carbonyl (C=O) groups is 1. The van der Waals surface area contributed by atoms with Crippen LogP contribution in [0.2, 0.25) is 0 Å². The SMILES string of the molecule is C=C(C)c1ccc2ccccc2c1CCCc1ccc(F)cc1.CC(C)(C)C(=O)O. The molecule has 0 heterocycles. The summed E-state index contributed by atoms with van der Waals surface area (Å²) in [4.78, 5) is 10.0. The predicted octanol–water partition coefficient (Wildman–Crippen LogP) is 7.30. The highest BCUT2D eigenvalue weighted by atomic mass is 19.1. The van der Waals surface area contributed by atoms with Gasteiger partial charge in [-0.05, 0) is 86.6 Å². The molecule has 0 amide bonds. The fourth-order valence-electron chi connectivity index (χ4n) is 3.13. The van der Waals surface area contributed by atoms with E-state index in [1.807, 2.05) is 12.1 Å². The minimum atomic E-state index is -0.757. The molecule has 3 rings (SSSR count). The Balaban J connectivity index is 0.000000396. The van der Waals surface area contributed by atoms with Gasteiger partial charge in [0.05, 0.1) is 5.41 Å². The van der Waals surface area contributed by atoms with Gasteiger partial charge in [-0.1, -0.05) is 60.7 Å². The van der Waals surface area contributed by atoms with Crippen molar-refractivity contribution in [2.75, 3.05) is 0 Å². The van der Waals surface area contributed by atoms with E-state index in [-0.39, 0.29) is 5.82 Å². The van der Waals surface area contributed by atoms with Crippen molar-refractivity contribution in [2.24, 2.45) is 5.41 Å². The van der Waals surface area contributed by atoms with Crippen molar-refractivity contribution in [3.63, 3.8) is 0 Å². The Kier molecular flexibility index (Phi) is 7.93. The summed E-state index contributed by atoms with van der Waals surface area (Å²) in [6.07, 6.45) is 3.00. The highest BCUT2D eigenvalue weighted by Gasteiger charge is 2.18. The van der Waals surface area contributed by atoms with Gasteiger partial charge in [0, 0.05) is 0 Å². The number of aliphatic carboxylic acids is 1. The molecule has 3 aromatic rings. The van der Waals surface area contributed by atoms with E-state index in [4.69, 9.17) is 5.11 Å². The third kappa shape index (κ3) is 6.55. The number of fused-ring (bicyclic) bond motifs is 1. The molecule has 30 heavy (non-hydrogen) atoms. The van der Waals surface area contributed by atoms with Crippen LogP contribution < -0.4 is 0 Å². The quantitative estimate of drug-likeness (QED) is 0.482. The first-order valence-electron chi connectivity index (χ1n) is 10.2. The number of hydrogen-bond donors (Lipinski definition) is 1. The van der Waals surface area contributed by atoms with Gasteiger partial charge in [0.15, 0.2) is 0 Å². The van der Waals surface area contributed by atoms with Crippen LogP contribution in [0.3, 0.4) is 0 Å². The summed E-state index contributed by atoms with van der Waals surface area (Å²) >= 11 is 0. The lowest BCUT2D eigenvalue weighted by molar-refractivity contribution is -0.145. The molecule has 0 unspecified atom stereocenters. The maximum absolute atomic E-state index is 13.0. The molecule has 0 saturated carbocycles. The van der Waals surface area contributed by atoms with Crippen molar-refractivity contribution in [1.29, 1.82) is 0 Å². The van der Waals surface area contributed by atoms with E-state index in [1.165, 1.54) is 39.6 Å². The molecule has 0 fully saturated rings. The van der Waals surface area contributed by atoms with Crippen molar-refractivity contribution in [3.05, 3.63) is 89.8 Å². The molecule has 158 valence electrons. The number of hydrogen-bond acceptors (Lipinski definition) is 1. The average Bonchev–Trinajstić information content (AvgIpc) is 2.69.